The molecule has 2 atom stereocenters. The molecule has 118 valence electrons. The summed E-state index contributed by atoms with van der Waals surface area (Å²) in [6.07, 6.45) is 2.91. The third-order valence-corrected chi connectivity index (χ3v) is 4.61. The van der Waals surface area contributed by atoms with Gasteiger partial charge in [0.1, 0.15) is 5.54 Å². The number of amides is 1. The molecule has 0 aromatic rings. The van der Waals surface area contributed by atoms with Crippen LogP contribution in [0.25, 0.3) is 0 Å². The highest BCUT2D eigenvalue weighted by atomic mass is 16.5. The van der Waals surface area contributed by atoms with Gasteiger partial charge in [-0.25, -0.2) is 0 Å². The van der Waals surface area contributed by atoms with Crippen LogP contribution in [0.3, 0.4) is 0 Å². The third-order valence-electron chi connectivity index (χ3n) is 4.61. The zero-order valence-corrected chi connectivity index (χ0v) is 13.7. The molecule has 1 saturated carbocycles. The zero-order valence-electron chi connectivity index (χ0n) is 13.7. The molecule has 1 aliphatic carbocycles. The first-order valence-electron chi connectivity index (χ1n) is 7.74. The molecule has 2 N–H and O–H groups in total. The van der Waals surface area contributed by atoms with E-state index < -0.39 is 5.54 Å². The summed E-state index contributed by atoms with van der Waals surface area (Å²) in [6, 6.07) is 2.38. The third kappa shape index (κ3) is 3.75. The largest absolute Gasteiger partial charge is 0.368 e. The highest BCUT2D eigenvalue weighted by Crippen LogP contribution is 2.39. The van der Waals surface area contributed by atoms with Gasteiger partial charge in [0.15, 0.2) is 0 Å². The van der Waals surface area contributed by atoms with Crippen LogP contribution in [-0.4, -0.2) is 35.2 Å². The number of carbonyl (C=O) groups excluding carboxylic acids is 1. The molecule has 1 amide bonds. The molecule has 0 spiro atoms. The van der Waals surface area contributed by atoms with Crippen molar-refractivity contribution in [3.05, 3.63) is 0 Å². The van der Waals surface area contributed by atoms with Crippen molar-refractivity contribution in [2.75, 3.05) is 6.54 Å². The summed E-state index contributed by atoms with van der Waals surface area (Å²) in [5, 5.41) is 15.4. The van der Waals surface area contributed by atoms with Crippen molar-refractivity contribution in [2.24, 2.45) is 5.92 Å². The smallest absolute Gasteiger partial charge is 0.235 e. The van der Waals surface area contributed by atoms with E-state index in [9.17, 15) is 10.1 Å². The molecule has 0 radical (unpaired) electrons. The Labute approximate surface area is 127 Å². The van der Waals surface area contributed by atoms with Crippen LogP contribution in [0.2, 0.25) is 0 Å². The molecule has 0 unspecified atom stereocenters. The van der Waals surface area contributed by atoms with Gasteiger partial charge in [-0.2, -0.15) is 5.26 Å². The Kier molecular flexibility index (Phi) is 4.07. The SMILES string of the molecule is CC1(C)C[C@@H](NCC(=O)N[C@@](C)(C#N)C2CC2)C(C)(C)O1. The van der Waals surface area contributed by atoms with Crippen molar-refractivity contribution >= 4 is 5.91 Å². The Morgan fingerprint density at radius 1 is 1.38 bits per heavy atom. The summed E-state index contributed by atoms with van der Waals surface area (Å²) in [5.74, 6) is 0.183. The lowest BCUT2D eigenvalue weighted by Gasteiger charge is -2.28. The fraction of sp³-hybridized carbons (Fsp3) is 0.875. The van der Waals surface area contributed by atoms with E-state index in [1.807, 2.05) is 20.8 Å². The molecule has 1 saturated heterocycles. The molecule has 1 heterocycles. The lowest BCUT2D eigenvalue weighted by molar-refractivity contribution is -0.122. The zero-order chi connectivity index (χ0) is 15.9. The van der Waals surface area contributed by atoms with Crippen LogP contribution in [0.1, 0.15) is 53.9 Å². The predicted octanol–water partition coefficient (Wildman–Crippen LogP) is 1.73. The van der Waals surface area contributed by atoms with E-state index in [0.717, 1.165) is 19.3 Å². The number of nitrogens with zero attached hydrogens (tertiary/aromatic N) is 1. The lowest BCUT2D eigenvalue weighted by atomic mass is 9.94. The number of hydrogen-bond donors (Lipinski definition) is 2. The number of nitriles is 1. The number of rotatable bonds is 5. The number of hydrogen-bond acceptors (Lipinski definition) is 4. The van der Waals surface area contributed by atoms with E-state index in [-0.39, 0.29) is 29.7 Å². The monoisotopic (exact) mass is 293 g/mol. The van der Waals surface area contributed by atoms with Gasteiger partial charge in [0, 0.05) is 6.04 Å². The quantitative estimate of drug-likeness (QED) is 0.809. The van der Waals surface area contributed by atoms with Crippen LogP contribution in [0.5, 0.6) is 0 Å². The minimum absolute atomic E-state index is 0.119. The van der Waals surface area contributed by atoms with Crippen molar-refractivity contribution in [1.29, 1.82) is 5.26 Å². The maximum Gasteiger partial charge on any atom is 0.235 e. The average Bonchev–Trinajstić information content (AvgIpc) is 3.14. The van der Waals surface area contributed by atoms with Crippen molar-refractivity contribution in [1.82, 2.24) is 10.6 Å². The molecule has 2 rings (SSSR count). The predicted molar refractivity (Wildman–Crippen MR) is 80.5 cm³/mol. The maximum atomic E-state index is 12.1. The number of ether oxygens (including phenoxy) is 1. The van der Waals surface area contributed by atoms with Crippen LogP contribution in [0, 0.1) is 17.2 Å². The highest BCUT2D eigenvalue weighted by molar-refractivity contribution is 5.79. The molecule has 0 aromatic carbocycles. The normalized spacial score (nSPS) is 29.4. The van der Waals surface area contributed by atoms with E-state index in [2.05, 4.69) is 30.6 Å². The summed E-state index contributed by atoms with van der Waals surface area (Å²) in [4.78, 5) is 12.1. The van der Waals surface area contributed by atoms with E-state index in [0.29, 0.717) is 5.92 Å². The summed E-state index contributed by atoms with van der Waals surface area (Å²) >= 11 is 0. The first-order valence-corrected chi connectivity index (χ1v) is 7.74. The summed E-state index contributed by atoms with van der Waals surface area (Å²) in [7, 11) is 0. The molecule has 1 aliphatic heterocycles. The first kappa shape index (κ1) is 16.3. The second-order valence-corrected chi connectivity index (χ2v) is 7.74. The van der Waals surface area contributed by atoms with Gasteiger partial charge in [-0.15, -0.1) is 0 Å². The van der Waals surface area contributed by atoms with Gasteiger partial charge in [0.25, 0.3) is 0 Å². The summed E-state index contributed by atoms with van der Waals surface area (Å²) in [6.45, 7) is 10.3. The Hall–Kier alpha value is -1.12. The number of carbonyl (C=O) groups is 1. The van der Waals surface area contributed by atoms with Crippen molar-refractivity contribution in [3.63, 3.8) is 0 Å². The van der Waals surface area contributed by atoms with Gasteiger partial charge in [-0.1, -0.05) is 0 Å². The minimum Gasteiger partial charge on any atom is -0.368 e. The molecule has 21 heavy (non-hydrogen) atoms. The van der Waals surface area contributed by atoms with Gasteiger partial charge < -0.3 is 15.4 Å². The van der Waals surface area contributed by atoms with Crippen LogP contribution in [0.15, 0.2) is 0 Å². The van der Waals surface area contributed by atoms with E-state index in [4.69, 9.17) is 4.74 Å². The Morgan fingerprint density at radius 2 is 2.00 bits per heavy atom. The standard InChI is InChI=1S/C16H27N3O2/c1-14(2)8-12(15(3,4)21-14)18-9-13(20)19-16(5,10-17)11-6-7-11/h11-12,18H,6-9H2,1-5H3,(H,19,20)/t12-,16+/m1/s1. The van der Waals surface area contributed by atoms with Gasteiger partial charge in [0.05, 0.1) is 23.8 Å². The van der Waals surface area contributed by atoms with Crippen LogP contribution < -0.4 is 10.6 Å². The second-order valence-electron chi connectivity index (χ2n) is 7.74. The lowest BCUT2D eigenvalue weighted by Crippen LogP contribution is -2.52. The van der Waals surface area contributed by atoms with Crippen molar-refractivity contribution in [2.45, 2.75) is 76.7 Å². The van der Waals surface area contributed by atoms with E-state index >= 15 is 0 Å². The second kappa shape index (κ2) is 5.26. The van der Waals surface area contributed by atoms with E-state index in [1.54, 1.807) is 0 Å². The van der Waals surface area contributed by atoms with Gasteiger partial charge in [-0.05, 0) is 59.8 Å². The number of nitrogens with one attached hydrogen (secondary N) is 2. The molecular formula is C16H27N3O2. The fourth-order valence-corrected chi connectivity index (χ4v) is 3.31. The summed E-state index contributed by atoms with van der Waals surface area (Å²) in [5.41, 5.74) is -1.19. The topological polar surface area (TPSA) is 74.2 Å². The fourth-order valence-electron chi connectivity index (χ4n) is 3.31. The maximum absolute atomic E-state index is 12.1. The Morgan fingerprint density at radius 3 is 2.43 bits per heavy atom. The van der Waals surface area contributed by atoms with Gasteiger partial charge in [0.2, 0.25) is 5.91 Å². The molecule has 2 aliphatic rings. The first-order chi connectivity index (χ1) is 9.58. The van der Waals surface area contributed by atoms with Crippen LogP contribution >= 0.6 is 0 Å². The highest BCUT2D eigenvalue weighted by Gasteiger charge is 2.46. The Balaban J connectivity index is 1.86. The van der Waals surface area contributed by atoms with Gasteiger partial charge in [-0.3, -0.25) is 4.79 Å². The van der Waals surface area contributed by atoms with Gasteiger partial charge >= 0.3 is 0 Å². The molecule has 0 bridgehead atoms. The average molecular weight is 293 g/mol. The van der Waals surface area contributed by atoms with Crippen LogP contribution in [-0.2, 0) is 9.53 Å². The molecular weight excluding hydrogens is 266 g/mol. The minimum atomic E-state index is -0.722. The molecule has 2 fully saturated rings. The van der Waals surface area contributed by atoms with Crippen molar-refractivity contribution < 1.29 is 9.53 Å². The molecule has 0 aromatic heterocycles. The molecule has 5 heteroatoms. The van der Waals surface area contributed by atoms with E-state index in [1.165, 1.54) is 0 Å². The Bertz CT molecular complexity index is 463. The summed E-state index contributed by atoms with van der Waals surface area (Å²) < 4.78 is 6.00. The van der Waals surface area contributed by atoms with Crippen LogP contribution in [0.4, 0.5) is 0 Å². The van der Waals surface area contributed by atoms with Crippen molar-refractivity contribution in [3.8, 4) is 6.07 Å². The molecule has 5 nitrogen and oxygen atoms in total.